The van der Waals surface area contributed by atoms with Crippen molar-refractivity contribution in [3.63, 3.8) is 0 Å². The van der Waals surface area contributed by atoms with E-state index in [2.05, 4.69) is 0 Å². The molecule has 0 aromatic heterocycles. The molecule has 2 aromatic rings. The molecule has 5 heteroatoms. The lowest BCUT2D eigenvalue weighted by molar-refractivity contribution is -0.136. The van der Waals surface area contributed by atoms with E-state index in [0.717, 1.165) is 12.6 Å². The molecule has 0 bridgehead atoms. The van der Waals surface area contributed by atoms with E-state index in [1.165, 1.54) is 12.1 Å². The molecule has 0 aliphatic carbocycles. The van der Waals surface area contributed by atoms with Crippen LogP contribution in [0.1, 0.15) is 26.3 Å². The van der Waals surface area contributed by atoms with Gasteiger partial charge in [-0.15, -0.1) is 0 Å². The third-order valence-corrected chi connectivity index (χ3v) is 2.50. The van der Waals surface area contributed by atoms with E-state index in [0.29, 0.717) is 16.7 Å². The summed E-state index contributed by atoms with van der Waals surface area (Å²) >= 11 is 0. The van der Waals surface area contributed by atoms with E-state index in [9.17, 15) is 14.4 Å². The molecule has 0 heterocycles. The molecule has 2 N–H and O–H groups in total. The standard InChI is InChI=1S/C8H8O3.C8H6O2/c9-7-3-1-6(2-4-7)5-8(10)11;9-5-7-1-2-8(6-10)4-3-7/h1-4,9H,5H2,(H,10,11);1-6H. The lowest BCUT2D eigenvalue weighted by Gasteiger charge is -1.95. The van der Waals surface area contributed by atoms with Crippen LogP contribution in [0.4, 0.5) is 0 Å². The Hall–Kier alpha value is -2.95. The first kappa shape index (κ1) is 16.1. The fourth-order valence-corrected chi connectivity index (χ4v) is 1.44. The Morgan fingerprint density at radius 3 is 1.62 bits per heavy atom. The number of phenolic OH excluding ortho intramolecular Hbond substituents is 1. The van der Waals surface area contributed by atoms with Crippen LogP contribution in [0.25, 0.3) is 0 Å². The number of aldehydes is 2. The number of phenols is 1. The Morgan fingerprint density at radius 2 is 1.29 bits per heavy atom. The number of carbonyl (C=O) groups is 3. The Labute approximate surface area is 121 Å². The normalized spacial score (nSPS) is 9.14. The monoisotopic (exact) mass is 286 g/mol. The minimum atomic E-state index is -0.865. The van der Waals surface area contributed by atoms with Gasteiger partial charge in [0.15, 0.2) is 0 Å². The highest BCUT2D eigenvalue weighted by Gasteiger charge is 1.98. The molecule has 0 saturated heterocycles. The topological polar surface area (TPSA) is 91.7 Å². The van der Waals surface area contributed by atoms with Gasteiger partial charge in [0.05, 0.1) is 6.42 Å². The maximum atomic E-state index is 10.2. The highest BCUT2D eigenvalue weighted by molar-refractivity contribution is 5.79. The molecule has 5 nitrogen and oxygen atoms in total. The fraction of sp³-hybridized carbons (Fsp3) is 0.0625. The van der Waals surface area contributed by atoms with Gasteiger partial charge < -0.3 is 10.2 Å². The molecule has 2 rings (SSSR count). The number of rotatable bonds is 4. The summed E-state index contributed by atoms with van der Waals surface area (Å²) in [7, 11) is 0. The average molecular weight is 286 g/mol. The van der Waals surface area contributed by atoms with E-state index in [-0.39, 0.29) is 12.2 Å². The molecular formula is C16H14O5. The predicted octanol–water partition coefficient (Wildman–Crippen LogP) is 2.33. The second-order valence-electron chi connectivity index (χ2n) is 4.14. The van der Waals surface area contributed by atoms with Crippen molar-refractivity contribution in [3.05, 3.63) is 65.2 Å². The van der Waals surface area contributed by atoms with Crippen molar-refractivity contribution in [3.8, 4) is 5.75 Å². The number of carboxylic acid groups (broad SMARTS) is 1. The predicted molar refractivity (Wildman–Crippen MR) is 76.7 cm³/mol. The number of carboxylic acids is 1. The molecule has 2 aromatic carbocycles. The van der Waals surface area contributed by atoms with Gasteiger partial charge in [-0.2, -0.15) is 0 Å². The highest BCUT2D eigenvalue weighted by atomic mass is 16.4. The molecule has 0 fully saturated rings. The number of carbonyl (C=O) groups excluding carboxylic acids is 2. The maximum absolute atomic E-state index is 10.2. The number of hydrogen-bond acceptors (Lipinski definition) is 4. The van der Waals surface area contributed by atoms with Gasteiger partial charge in [-0.1, -0.05) is 36.4 Å². The Balaban J connectivity index is 0.000000211. The number of aromatic hydroxyl groups is 1. The number of aliphatic carboxylic acids is 1. The summed E-state index contributed by atoms with van der Waals surface area (Å²) in [6, 6.07) is 12.5. The molecule has 21 heavy (non-hydrogen) atoms. The van der Waals surface area contributed by atoms with Crippen LogP contribution < -0.4 is 0 Å². The number of hydrogen-bond donors (Lipinski definition) is 2. The summed E-state index contributed by atoms with van der Waals surface area (Å²) in [6.45, 7) is 0. The van der Waals surface area contributed by atoms with Gasteiger partial charge in [-0.05, 0) is 17.7 Å². The van der Waals surface area contributed by atoms with Crippen LogP contribution >= 0.6 is 0 Å². The maximum Gasteiger partial charge on any atom is 0.307 e. The number of benzene rings is 2. The lowest BCUT2D eigenvalue weighted by Crippen LogP contribution is -1.98. The van der Waals surface area contributed by atoms with Crippen LogP contribution in [-0.2, 0) is 11.2 Å². The van der Waals surface area contributed by atoms with Gasteiger partial charge in [0.2, 0.25) is 0 Å². The Bertz CT molecular complexity index is 573. The third kappa shape index (κ3) is 6.15. The van der Waals surface area contributed by atoms with Crippen LogP contribution in [0.15, 0.2) is 48.5 Å². The Morgan fingerprint density at radius 1 is 0.857 bits per heavy atom. The van der Waals surface area contributed by atoms with Crippen LogP contribution in [-0.4, -0.2) is 28.8 Å². The van der Waals surface area contributed by atoms with Gasteiger partial charge in [0.1, 0.15) is 18.3 Å². The van der Waals surface area contributed by atoms with Gasteiger partial charge in [-0.25, -0.2) is 0 Å². The molecule has 0 atom stereocenters. The highest BCUT2D eigenvalue weighted by Crippen LogP contribution is 2.09. The van der Waals surface area contributed by atoms with Crippen LogP contribution in [0.3, 0.4) is 0 Å². The second kappa shape index (κ2) is 8.27. The van der Waals surface area contributed by atoms with Crippen molar-refractivity contribution in [2.45, 2.75) is 6.42 Å². The summed E-state index contributed by atoms with van der Waals surface area (Å²) in [5.41, 5.74) is 1.87. The summed E-state index contributed by atoms with van der Waals surface area (Å²) in [4.78, 5) is 30.4. The first-order valence-corrected chi connectivity index (χ1v) is 6.05. The first-order chi connectivity index (χ1) is 10.0. The smallest absolute Gasteiger partial charge is 0.307 e. The van der Waals surface area contributed by atoms with Crippen molar-refractivity contribution in [2.75, 3.05) is 0 Å². The Kier molecular flexibility index (Phi) is 6.34. The van der Waals surface area contributed by atoms with Crippen LogP contribution in [0.2, 0.25) is 0 Å². The zero-order valence-corrected chi connectivity index (χ0v) is 11.1. The zero-order chi connectivity index (χ0) is 15.7. The lowest BCUT2D eigenvalue weighted by atomic mass is 10.1. The molecule has 0 saturated carbocycles. The molecule has 0 radical (unpaired) electrons. The SMILES string of the molecule is O=C(O)Cc1ccc(O)cc1.O=Cc1ccc(C=O)cc1. The van der Waals surface area contributed by atoms with Crippen molar-refractivity contribution in [1.82, 2.24) is 0 Å². The van der Waals surface area contributed by atoms with Crippen molar-refractivity contribution in [1.29, 1.82) is 0 Å². The molecule has 0 unspecified atom stereocenters. The molecule has 0 amide bonds. The van der Waals surface area contributed by atoms with Crippen LogP contribution in [0, 0.1) is 0 Å². The molecule has 108 valence electrons. The third-order valence-electron chi connectivity index (χ3n) is 2.50. The molecular weight excluding hydrogens is 272 g/mol. The average Bonchev–Trinajstić information content (AvgIpc) is 2.50. The minimum absolute atomic E-state index is 0.000278. The van der Waals surface area contributed by atoms with E-state index >= 15 is 0 Å². The zero-order valence-electron chi connectivity index (χ0n) is 11.1. The quantitative estimate of drug-likeness (QED) is 0.842. The van der Waals surface area contributed by atoms with Gasteiger partial charge in [0.25, 0.3) is 0 Å². The molecule has 0 spiro atoms. The van der Waals surface area contributed by atoms with Crippen LogP contribution in [0.5, 0.6) is 5.75 Å². The summed E-state index contributed by atoms with van der Waals surface area (Å²) < 4.78 is 0. The minimum Gasteiger partial charge on any atom is -0.508 e. The van der Waals surface area contributed by atoms with E-state index < -0.39 is 5.97 Å². The summed E-state index contributed by atoms with van der Waals surface area (Å²) in [5, 5.41) is 17.2. The summed E-state index contributed by atoms with van der Waals surface area (Å²) in [6.07, 6.45) is 1.49. The van der Waals surface area contributed by atoms with Crippen molar-refractivity contribution < 1.29 is 24.6 Å². The fourth-order valence-electron chi connectivity index (χ4n) is 1.44. The van der Waals surface area contributed by atoms with E-state index in [1.54, 1.807) is 36.4 Å². The van der Waals surface area contributed by atoms with Crippen molar-refractivity contribution >= 4 is 18.5 Å². The van der Waals surface area contributed by atoms with Gasteiger partial charge in [0, 0.05) is 11.1 Å². The van der Waals surface area contributed by atoms with E-state index in [4.69, 9.17) is 10.2 Å². The van der Waals surface area contributed by atoms with Gasteiger partial charge >= 0.3 is 5.97 Å². The molecule has 0 aliphatic heterocycles. The van der Waals surface area contributed by atoms with Crippen molar-refractivity contribution in [2.24, 2.45) is 0 Å². The largest absolute Gasteiger partial charge is 0.508 e. The summed E-state index contributed by atoms with van der Waals surface area (Å²) in [5.74, 6) is -0.713. The van der Waals surface area contributed by atoms with E-state index in [1.807, 2.05) is 0 Å². The first-order valence-electron chi connectivity index (χ1n) is 6.05. The molecule has 0 aliphatic rings. The second-order valence-corrected chi connectivity index (χ2v) is 4.14. The van der Waals surface area contributed by atoms with Gasteiger partial charge in [-0.3, -0.25) is 14.4 Å².